The first-order chi connectivity index (χ1) is 14.1. The molecule has 0 bridgehead atoms. The lowest BCUT2D eigenvalue weighted by molar-refractivity contribution is 0.0958. The SMILES string of the molecule is Cc1ccc(N(C(=O)c2cccc(C)c2)C2CCN(Cc3cccs3)CC2)cc1. The molecule has 0 N–H and O–H groups in total. The number of anilines is 1. The van der Waals surface area contributed by atoms with Crippen LogP contribution in [0.1, 0.15) is 39.2 Å². The third kappa shape index (κ3) is 4.77. The number of carbonyl (C=O) groups is 1. The molecule has 1 saturated heterocycles. The fourth-order valence-electron chi connectivity index (χ4n) is 4.08. The minimum atomic E-state index is 0.106. The Morgan fingerprint density at radius 1 is 1.00 bits per heavy atom. The Hall–Kier alpha value is -2.43. The molecule has 4 rings (SSSR count). The van der Waals surface area contributed by atoms with Crippen LogP contribution in [0, 0.1) is 13.8 Å². The first-order valence-electron chi connectivity index (χ1n) is 10.3. The van der Waals surface area contributed by atoms with Crippen LogP contribution >= 0.6 is 11.3 Å². The second-order valence-electron chi connectivity index (χ2n) is 7.97. The van der Waals surface area contributed by atoms with E-state index in [-0.39, 0.29) is 11.9 Å². The highest BCUT2D eigenvalue weighted by molar-refractivity contribution is 7.09. The molecule has 1 aliphatic rings. The lowest BCUT2D eigenvalue weighted by atomic mass is 10.00. The zero-order valence-electron chi connectivity index (χ0n) is 17.2. The first kappa shape index (κ1) is 19.9. The second-order valence-corrected chi connectivity index (χ2v) is 9.00. The van der Waals surface area contributed by atoms with Crippen molar-refractivity contribution in [3.63, 3.8) is 0 Å². The Bertz CT molecular complexity index is 941. The summed E-state index contributed by atoms with van der Waals surface area (Å²) in [6.07, 6.45) is 1.99. The van der Waals surface area contributed by atoms with Crippen LogP contribution in [0.4, 0.5) is 5.69 Å². The highest BCUT2D eigenvalue weighted by atomic mass is 32.1. The summed E-state index contributed by atoms with van der Waals surface area (Å²) in [5, 5.41) is 2.14. The quantitative estimate of drug-likeness (QED) is 0.546. The summed E-state index contributed by atoms with van der Waals surface area (Å²) >= 11 is 1.82. The van der Waals surface area contributed by atoms with Crippen molar-refractivity contribution in [1.29, 1.82) is 0 Å². The van der Waals surface area contributed by atoms with Gasteiger partial charge in [0.05, 0.1) is 0 Å². The predicted molar refractivity (Wildman–Crippen MR) is 122 cm³/mol. The Labute approximate surface area is 177 Å². The third-order valence-corrected chi connectivity index (χ3v) is 6.54. The van der Waals surface area contributed by atoms with Gasteiger partial charge in [-0.3, -0.25) is 9.69 Å². The molecule has 1 aliphatic heterocycles. The van der Waals surface area contributed by atoms with E-state index >= 15 is 0 Å². The van der Waals surface area contributed by atoms with E-state index in [4.69, 9.17) is 0 Å². The molecule has 1 fully saturated rings. The number of hydrogen-bond donors (Lipinski definition) is 0. The van der Waals surface area contributed by atoms with Crippen LogP contribution in [0.15, 0.2) is 66.0 Å². The van der Waals surface area contributed by atoms with Gasteiger partial charge in [-0.05, 0) is 62.4 Å². The van der Waals surface area contributed by atoms with Gasteiger partial charge in [-0.1, -0.05) is 41.5 Å². The third-order valence-electron chi connectivity index (χ3n) is 5.68. The average molecular weight is 405 g/mol. The number of amides is 1. The number of piperidine rings is 1. The standard InChI is InChI=1S/C25H28N2OS/c1-19-8-10-22(11-9-19)27(25(28)21-6-3-5-20(2)17-21)23-12-14-26(15-13-23)18-24-7-4-16-29-24/h3-11,16-17,23H,12-15,18H2,1-2H3. The van der Waals surface area contributed by atoms with Gasteiger partial charge in [-0.2, -0.15) is 0 Å². The maximum absolute atomic E-state index is 13.5. The topological polar surface area (TPSA) is 23.6 Å². The van der Waals surface area contributed by atoms with Crippen molar-refractivity contribution in [2.75, 3.05) is 18.0 Å². The van der Waals surface area contributed by atoms with E-state index in [0.29, 0.717) is 0 Å². The highest BCUT2D eigenvalue weighted by Gasteiger charge is 2.30. The summed E-state index contributed by atoms with van der Waals surface area (Å²) in [5.74, 6) is 0.106. The van der Waals surface area contributed by atoms with E-state index < -0.39 is 0 Å². The molecule has 0 aliphatic carbocycles. The second kappa shape index (κ2) is 8.93. The molecule has 0 saturated carbocycles. The number of benzene rings is 2. The number of rotatable bonds is 5. The van der Waals surface area contributed by atoms with Crippen LogP contribution in [0.2, 0.25) is 0 Å². The minimum absolute atomic E-state index is 0.106. The number of thiophene rings is 1. The molecular formula is C25H28N2OS. The summed E-state index contributed by atoms with van der Waals surface area (Å²) in [4.78, 5) is 19.5. The molecule has 1 amide bonds. The van der Waals surface area contributed by atoms with Crippen molar-refractivity contribution < 1.29 is 4.79 Å². The van der Waals surface area contributed by atoms with Gasteiger partial charge in [0.15, 0.2) is 0 Å². The maximum atomic E-state index is 13.5. The molecule has 2 aromatic carbocycles. The summed E-state index contributed by atoms with van der Waals surface area (Å²) in [7, 11) is 0. The zero-order chi connectivity index (χ0) is 20.2. The van der Waals surface area contributed by atoms with E-state index in [1.807, 2.05) is 47.4 Å². The number of aryl methyl sites for hydroxylation is 2. The van der Waals surface area contributed by atoms with Gasteiger partial charge in [0.25, 0.3) is 5.91 Å². The smallest absolute Gasteiger partial charge is 0.258 e. The zero-order valence-corrected chi connectivity index (χ0v) is 18.0. The molecule has 2 heterocycles. The predicted octanol–water partition coefficient (Wildman–Crippen LogP) is 5.68. The number of carbonyl (C=O) groups excluding carboxylic acids is 1. The minimum Gasteiger partial charge on any atom is -0.305 e. The average Bonchev–Trinajstić information content (AvgIpc) is 3.24. The molecule has 4 heteroatoms. The van der Waals surface area contributed by atoms with Crippen molar-refractivity contribution >= 4 is 22.9 Å². The monoisotopic (exact) mass is 404 g/mol. The van der Waals surface area contributed by atoms with E-state index in [1.165, 1.54) is 10.4 Å². The van der Waals surface area contributed by atoms with Gasteiger partial charge in [-0.25, -0.2) is 0 Å². The normalized spacial score (nSPS) is 15.4. The molecule has 0 unspecified atom stereocenters. The summed E-state index contributed by atoms with van der Waals surface area (Å²) in [5.41, 5.74) is 4.10. The Balaban J connectivity index is 1.54. The highest BCUT2D eigenvalue weighted by Crippen LogP contribution is 2.27. The van der Waals surface area contributed by atoms with E-state index in [9.17, 15) is 4.79 Å². The van der Waals surface area contributed by atoms with Crippen LogP contribution in [0.5, 0.6) is 0 Å². The first-order valence-corrected chi connectivity index (χ1v) is 11.2. The molecule has 3 aromatic rings. The van der Waals surface area contributed by atoms with Gasteiger partial charge < -0.3 is 4.90 Å². The van der Waals surface area contributed by atoms with Crippen molar-refractivity contribution in [1.82, 2.24) is 4.90 Å². The summed E-state index contributed by atoms with van der Waals surface area (Å²) in [6.45, 7) is 7.18. The van der Waals surface area contributed by atoms with Crippen LogP contribution in [-0.4, -0.2) is 29.9 Å². The van der Waals surface area contributed by atoms with Gasteiger partial charge in [-0.15, -0.1) is 11.3 Å². The number of hydrogen-bond acceptors (Lipinski definition) is 3. The van der Waals surface area contributed by atoms with E-state index in [2.05, 4.69) is 53.6 Å². The molecule has 0 spiro atoms. The maximum Gasteiger partial charge on any atom is 0.258 e. The lowest BCUT2D eigenvalue weighted by Crippen LogP contribution is -2.47. The molecule has 0 radical (unpaired) electrons. The molecule has 0 atom stereocenters. The Morgan fingerprint density at radius 3 is 2.41 bits per heavy atom. The van der Waals surface area contributed by atoms with Crippen LogP contribution in [-0.2, 0) is 6.54 Å². The summed E-state index contributed by atoms with van der Waals surface area (Å²) < 4.78 is 0. The van der Waals surface area contributed by atoms with Crippen LogP contribution in [0.3, 0.4) is 0 Å². The van der Waals surface area contributed by atoms with Gasteiger partial charge in [0, 0.05) is 41.8 Å². The fourth-order valence-corrected chi connectivity index (χ4v) is 4.82. The van der Waals surface area contributed by atoms with Crippen molar-refractivity contribution in [3.05, 3.63) is 87.6 Å². The number of likely N-dealkylation sites (tertiary alicyclic amines) is 1. The van der Waals surface area contributed by atoms with E-state index in [0.717, 1.165) is 49.3 Å². The molecule has 29 heavy (non-hydrogen) atoms. The van der Waals surface area contributed by atoms with Crippen molar-refractivity contribution in [3.8, 4) is 0 Å². The molecule has 150 valence electrons. The van der Waals surface area contributed by atoms with Gasteiger partial charge >= 0.3 is 0 Å². The Morgan fingerprint density at radius 2 is 1.76 bits per heavy atom. The van der Waals surface area contributed by atoms with Crippen LogP contribution < -0.4 is 4.90 Å². The van der Waals surface area contributed by atoms with E-state index in [1.54, 1.807) is 0 Å². The Kier molecular flexibility index (Phi) is 6.12. The molecule has 1 aromatic heterocycles. The lowest BCUT2D eigenvalue weighted by Gasteiger charge is -2.38. The molecular weight excluding hydrogens is 376 g/mol. The van der Waals surface area contributed by atoms with Gasteiger partial charge in [0.2, 0.25) is 0 Å². The number of nitrogens with zero attached hydrogens (tertiary/aromatic N) is 2. The molecule has 3 nitrogen and oxygen atoms in total. The van der Waals surface area contributed by atoms with Crippen LogP contribution in [0.25, 0.3) is 0 Å². The largest absolute Gasteiger partial charge is 0.305 e. The van der Waals surface area contributed by atoms with Gasteiger partial charge in [0.1, 0.15) is 0 Å². The van der Waals surface area contributed by atoms with Crippen molar-refractivity contribution in [2.24, 2.45) is 0 Å². The summed E-state index contributed by atoms with van der Waals surface area (Å²) in [6, 6.07) is 20.8. The fraction of sp³-hybridized carbons (Fsp3) is 0.320. The van der Waals surface area contributed by atoms with Crippen molar-refractivity contribution in [2.45, 2.75) is 39.3 Å².